The lowest BCUT2D eigenvalue weighted by Crippen LogP contribution is -2.52. The fraction of sp³-hybridized carbons (Fsp3) is 0.609. The highest BCUT2D eigenvalue weighted by Crippen LogP contribution is 2.29. The Kier molecular flexibility index (Phi) is 11.6. The van der Waals surface area contributed by atoms with Gasteiger partial charge in [0.25, 0.3) is 12.9 Å². The molecule has 34 heavy (non-hydrogen) atoms. The minimum absolute atomic E-state index is 0.136. The van der Waals surface area contributed by atoms with E-state index in [0.29, 0.717) is 24.6 Å². The largest absolute Gasteiger partial charge is 0.497 e. The van der Waals surface area contributed by atoms with Crippen molar-refractivity contribution in [2.75, 3.05) is 64.5 Å². The number of piperidine rings is 1. The Hall–Kier alpha value is -2.89. The standard InChI is InChI=1S/C21H31N3O4.2CH2O2/c1-27-20-4-2-17(3-5-20)23-8-6-18(7-9-23)24-11-16-10-22(13-21(25)26)12-19(24)15-28-14-16;2*2-1-3/h2-5,16,18-19H,6-15H2,1H3,(H,25,26);2*1H,(H,2,3)/t16-,19-;;/m0../s1. The highest BCUT2D eigenvalue weighted by molar-refractivity contribution is 5.69. The van der Waals surface area contributed by atoms with E-state index < -0.39 is 5.97 Å². The molecular formula is C23H35N3O8. The molecule has 0 unspecified atom stereocenters. The van der Waals surface area contributed by atoms with Gasteiger partial charge in [-0.05, 0) is 37.1 Å². The summed E-state index contributed by atoms with van der Waals surface area (Å²) < 4.78 is 11.2. The molecule has 2 bridgehead atoms. The first-order chi connectivity index (χ1) is 16.4. The highest BCUT2D eigenvalue weighted by Gasteiger charge is 2.38. The van der Waals surface area contributed by atoms with Crippen LogP contribution in [0.1, 0.15) is 12.8 Å². The van der Waals surface area contributed by atoms with E-state index in [9.17, 15) is 9.90 Å². The SMILES string of the molecule is COc1ccc(N2CCC(N3C[C@H]4COC[C@@H]3CN(CC(=O)O)C4)CC2)cc1.O=CO.O=CO. The second-order valence-corrected chi connectivity index (χ2v) is 8.47. The van der Waals surface area contributed by atoms with E-state index >= 15 is 0 Å². The molecular weight excluding hydrogens is 446 g/mol. The van der Waals surface area contributed by atoms with Crippen LogP contribution in [0, 0.1) is 5.92 Å². The number of carboxylic acid groups (broad SMARTS) is 3. The lowest BCUT2D eigenvalue weighted by molar-refractivity contribution is -0.138. The van der Waals surface area contributed by atoms with Gasteiger partial charge >= 0.3 is 5.97 Å². The average molecular weight is 482 g/mol. The summed E-state index contributed by atoms with van der Waals surface area (Å²) in [6, 6.07) is 9.16. The van der Waals surface area contributed by atoms with E-state index in [-0.39, 0.29) is 19.5 Å². The summed E-state index contributed by atoms with van der Waals surface area (Å²) >= 11 is 0. The van der Waals surface area contributed by atoms with Crippen LogP contribution in [-0.4, -0.2) is 116 Å². The number of methoxy groups -OCH3 is 1. The number of anilines is 1. The van der Waals surface area contributed by atoms with Crippen molar-refractivity contribution >= 4 is 24.6 Å². The molecule has 0 saturated carbocycles. The van der Waals surface area contributed by atoms with Crippen LogP contribution >= 0.6 is 0 Å². The highest BCUT2D eigenvalue weighted by atomic mass is 16.5. The summed E-state index contributed by atoms with van der Waals surface area (Å²) in [5, 5.41) is 23.0. The van der Waals surface area contributed by atoms with Gasteiger partial charge in [0.05, 0.1) is 26.9 Å². The second-order valence-electron chi connectivity index (χ2n) is 8.47. The fourth-order valence-electron chi connectivity index (χ4n) is 4.99. The number of ether oxygens (including phenoxy) is 2. The molecule has 190 valence electrons. The lowest BCUT2D eigenvalue weighted by atomic mass is 9.99. The number of benzene rings is 1. The molecule has 3 saturated heterocycles. The summed E-state index contributed by atoms with van der Waals surface area (Å²) in [6.07, 6.45) is 2.27. The number of hydrogen-bond acceptors (Lipinski definition) is 8. The van der Waals surface area contributed by atoms with E-state index in [1.54, 1.807) is 7.11 Å². The molecule has 11 heteroatoms. The van der Waals surface area contributed by atoms with Crippen molar-refractivity contribution in [1.82, 2.24) is 9.80 Å². The van der Waals surface area contributed by atoms with Crippen molar-refractivity contribution in [1.29, 1.82) is 0 Å². The van der Waals surface area contributed by atoms with Crippen LogP contribution in [0.15, 0.2) is 24.3 Å². The molecule has 4 rings (SSSR count). The minimum atomic E-state index is -0.736. The number of fused-ring (bicyclic) bond motifs is 3. The van der Waals surface area contributed by atoms with Gasteiger partial charge in [0.1, 0.15) is 5.75 Å². The van der Waals surface area contributed by atoms with Gasteiger partial charge < -0.3 is 29.7 Å². The zero-order valence-corrected chi connectivity index (χ0v) is 19.5. The van der Waals surface area contributed by atoms with Crippen LogP contribution in [0.2, 0.25) is 0 Å². The molecule has 0 aliphatic carbocycles. The van der Waals surface area contributed by atoms with Gasteiger partial charge in [-0.1, -0.05) is 0 Å². The zero-order chi connectivity index (χ0) is 24.9. The van der Waals surface area contributed by atoms with Gasteiger partial charge in [-0.25, -0.2) is 0 Å². The van der Waals surface area contributed by atoms with E-state index in [1.165, 1.54) is 5.69 Å². The number of rotatable bonds is 5. The number of aliphatic carboxylic acids is 1. The number of carbonyl (C=O) groups is 3. The molecule has 1 aromatic carbocycles. The van der Waals surface area contributed by atoms with Crippen LogP contribution in [0.4, 0.5) is 5.69 Å². The van der Waals surface area contributed by atoms with Crippen molar-refractivity contribution in [3.8, 4) is 5.75 Å². The average Bonchev–Trinajstić information content (AvgIpc) is 3.11. The summed E-state index contributed by atoms with van der Waals surface area (Å²) in [5.74, 6) is 0.549. The van der Waals surface area contributed by atoms with E-state index in [1.807, 2.05) is 12.1 Å². The Labute approximate surface area is 199 Å². The zero-order valence-electron chi connectivity index (χ0n) is 19.5. The Morgan fingerprint density at radius 3 is 2.21 bits per heavy atom. The molecule has 3 aliphatic rings. The minimum Gasteiger partial charge on any atom is -0.497 e. The summed E-state index contributed by atoms with van der Waals surface area (Å²) in [4.78, 5) is 35.1. The van der Waals surface area contributed by atoms with Crippen LogP contribution < -0.4 is 9.64 Å². The second kappa shape index (κ2) is 14.4. The topological polar surface area (TPSA) is 140 Å². The Bertz CT molecular complexity index is 749. The van der Waals surface area contributed by atoms with Crippen LogP contribution in [-0.2, 0) is 19.1 Å². The smallest absolute Gasteiger partial charge is 0.317 e. The lowest BCUT2D eigenvalue weighted by Gasteiger charge is -2.42. The van der Waals surface area contributed by atoms with Gasteiger partial charge in [0, 0.05) is 56.4 Å². The molecule has 0 radical (unpaired) electrons. The molecule has 3 fully saturated rings. The number of nitrogens with zero attached hydrogens (tertiary/aromatic N) is 3. The maximum atomic E-state index is 11.2. The van der Waals surface area contributed by atoms with Gasteiger partial charge in [-0.15, -0.1) is 0 Å². The van der Waals surface area contributed by atoms with Crippen LogP contribution in [0.3, 0.4) is 0 Å². The first-order valence-corrected chi connectivity index (χ1v) is 11.3. The predicted molar refractivity (Wildman–Crippen MR) is 124 cm³/mol. The van der Waals surface area contributed by atoms with Crippen LogP contribution in [0.5, 0.6) is 5.75 Å². The maximum absolute atomic E-state index is 11.2. The molecule has 3 aliphatic heterocycles. The van der Waals surface area contributed by atoms with E-state index in [0.717, 1.165) is 57.9 Å². The first-order valence-electron chi connectivity index (χ1n) is 11.3. The van der Waals surface area contributed by atoms with Gasteiger partial charge in [0.15, 0.2) is 0 Å². The normalized spacial score (nSPS) is 23.3. The third-order valence-corrected chi connectivity index (χ3v) is 6.32. The first kappa shape index (κ1) is 27.4. The van der Waals surface area contributed by atoms with Crippen molar-refractivity contribution < 1.29 is 39.2 Å². The van der Waals surface area contributed by atoms with Crippen LogP contribution in [0.25, 0.3) is 0 Å². The summed E-state index contributed by atoms with van der Waals surface area (Å²) in [7, 11) is 1.69. The van der Waals surface area contributed by atoms with Gasteiger partial charge in [-0.2, -0.15) is 0 Å². The number of carboxylic acids is 1. The molecule has 0 spiro atoms. The summed E-state index contributed by atoms with van der Waals surface area (Å²) in [5.41, 5.74) is 1.25. The molecule has 3 N–H and O–H groups in total. The van der Waals surface area contributed by atoms with Crippen molar-refractivity contribution in [3.05, 3.63) is 24.3 Å². The Morgan fingerprint density at radius 2 is 1.65 bits per heavy atom. The maximum Gasteiger partial charge on any atom is 0.317 e. The quantitative estimate of drug-likeness (QED) is 0.514. The predicted octanol–water partition coefficient (Wildman–Crippen LogP) is 0.783. The molecule has 1 aromatic rings. The monoisotopic (exact) mass is 481 g/mol. The number of hydrogen-bond donors (Lipinski definition) is 3. The van der Waals surface area contributed by atoms with E-state index in [4.69, 9.17) is 29.3 Å². The Morgan fingerprint density at radius 1 is 1.03 bits per heavy atom. The molecule has 0 aromatic heterocycles. The van der Waals surface area contributed by atoms with Crippen molar-refractivity contribution in [3.63, 3.8) is 0 Å². The Balaban J connectivity index is 0.000000618. The van der Waals surface area contributed by atoms with E-state index in [2.05, 4.69) is 26.8 Å². The fourth-order valence-corrected chi connectivity index (χ4v) is 4.99. The van der Waals surface area contributed by atoms with Crippen molar-refractivity contribution in [2.45, 2.75) is 24.9 Å². The molecule has 2 atom stereocenters. The van der Waals surface area contributed by atoms with Crippen molar-refractivity contribution in [2.24, 2.45) is 5.92 Å². The third-order valence-electron chi connectivity index (χ3n) is 6.32. The molecule has 11 nitrogen and oxygen atoms in total. The van der Waals surface area contributed by atoms with Gasteiger partial charge in [0.2, 0.25) is 0 Å². The third kappa shape index (κ3) is 8.15. The molecule has 3 heterocycles. The summed E-state index contributed by atoms with van der Waals surface area (Å²) in [6.45, 7) is 5.82. The molecule has 0 amide bonds. The van der Waals surface area contributed by atoms with Gasteiger partial charge in [-0.3, -0.25) is 24.2 Å².